The van der Waals surface area contributed by atoms with Gasteiger partial charge in [-0.1, -0.05) is 30.3 Å². The molecule has 0 spiro atoms. The Morgan fingerprint density at radius 3 is 1.74 bits per heavy atom. The summed E-state index contributed by atoms with van der Waals surface area (Å²) in [6, 6.07) is 23.8. The maximum atomic E-state index is 15.3. The van der Waals surface area contributed by atoms with Gasteiger partial charge in [-0.2, -0.15) is 0 Å². The average Bonchev–Trinajstić information content (AvgIpc) is 2.88. The molecule has 1 heterocycles. The first-order valence-electron chi connectivity index (χ1n) is 11.1. The predicted molar refractivity (Wildman–Crippen MR) is 134 cm³/mol. The summed E-state index contributed by atoms with van der Waals surface area (Å²) in [4.78, 5) is 11.5. The largest absolute Gasteiger partial charge is 0.497 e. The number of hydrogen-bond acceptors (Lipinski definition) is 5. The van der Waals surface area contributed by atoms with Crippen LogP contribution in [0.5, 0.6) is 11.5 Å². The van der Waals surface area contributed by atoms with Crippen molar-refractivity contribution in [1.82, 2.24) is 0 Å². The number of benzene rings is 3. The summed E-state index contributed by atoms with van der Waals surface area (Å²) in [6.07, 6.45) is 0.752. The smallest absolute Gasteiger partial charge is 0.276 e. The van der Waals surface area contributed by atoms with E-state index in [2.05, 4.69) is 0 Å². The third kappa shape index (κ3) is 4.59. The zero-order valence-electron chi connectivity index (χ0n) is 19.2. The molecule has 4 rings (SSSR count). The molecule has 0 saturated carbocycles. The molecular formula is C25H28N3O5P. The first-order valence-corrected chi connectivity index (χ1v) is 12.8. The molecule has 0 radical (unpaired) electrons. The summed E-state index contributed by atoms with van der Waals surface area (Å²) in [7, 11) is -0.383. The lowest BCUT2D eigenvalue weighted by Gasteiger charge is -2.48. The van der Waals surface area contributed by atoms with E-state index in [0.717, 1.165) is 17.8 Å². The second kappa shape index (κ2) is 10.2. The van der Waals surface area contributed by atoms with Crippen LogP contribution in [0.2, 0.25) is 0 Å². The molecule has 0 aliphatic carbocycles. The van der Waals surface area contributed by atoms with E-state index in [1.165, 1.54) is 0 Å². The number of methoxy groups -OCH3 is 2. The highest BCUT2D eigenvalue weighted by molar-refractivity contribution is 7.67. The van der Waals surface area contributed by atoms with Crippen LogP contribution in [0, 0.1) is 10.1 Å². The molecule has 9 heteroatoms. The second-order valence-corrected chi connectivity index (χ2v) is 10.8. The number of nitrogens with zero attached hydrogens (tertiary/aromatic N) is 3. The lowest BCUT2D eigenvalue weighted by atomic mass is 10.1. The number of ether oxygens (including phenoxy) is 2. The highest BCUT2D eigenvalue weighted by Gasteiger charge is 2.50. The normalized spacial score (nSPS) is 16.1. The molecular weight excluding hydrogens is 453 g/mol. The molecule has 8 nitrogen and oxygen atoms in total. The fourth-order valence-corrected chi connectivity index (χ4v) is 8.07. The molecule has 0 bridgehead atoms. The van der Waals surface area contributed by atoms with Gasteiger partial charge in [0.2, 0.25) is 6.54 Å². The Kier molecular flexibility index (Phi) is 7.08. The SMILES string of the molecule is COc1ccc(N2CCCN(c3ccc(OC)cc3)P2(=O)C(C[N+](=O)[O-])c2ccccc2)cc1. The summed E-state index contributed by atoms with van der Waals surface area (Å²) in [5, 5.41) is 11.8. The van der Waals surface area contributed by atoms with Crippen molar-refractivity contribution < 1.29 is 19.0 Å². The minimum absolute atomic E-state index is 0.371. The van der Waals surface area contributed by atoms with E-state index >= 15 is 4.57 Å². The van der Waals surface area contributed by atoms with Crippen LogP contribution >= 0.6 is 7.44 Å². The molecule has 1 atom stereocenters. The molecule has 1 aliphatic rings. The van der Waals surface area contributed by atoms with Crippen LogP contribution in [0.4, 0.5) is 11.4 Å². The summed E-state index contributed by atoms with van der Waals surface area (Å²) in [5.41, 5.74) is 1.34. The van der Waals surface area contributed by atoms with Crippen molar-refractivity contribution in [2.45, 2.75) is 12.1 Å². The minimum Gasteiger partial charge on any atom is -0.497 e. The Morgan fingerprint density at radius 2 is 1.32 bits per heavy atom. The van der Waals surface area contributed by atoms with Crippen molar-refractivity contribution in [3.8, 4) is 11.5 Å². The zero-order chi connectivity index (χ0) is 24.1. The molecule has 0 aromatic heterocycles. The Bertz CT molecular complexity index is 1100. The van der Waals surface area contributed by atoms with Gasteiger partial charge in [-0.3, -0.25) is 14.7 Å². The fraction of sp³-hybridized carbons (Fsp3) is 0.280. The van der Waals surface area contributed by atoms with Gasteiger partial charge in [0.25, 0.3) is 7.44 Å². The van der Waals surface area contributed by atoms with Gasteiger partial charge in [-0.15, -0.1) is 0 Å². The number of hydrogen-bond donors (Lipinski definition) is 0. The van der Waals surface area contributed by atoms with Crippen molar-refractivity contribution in [2.24, 2.45) is 0 Å². The molecule has 1 saturated heterocycles. The fourth-order valence-electron chi connectivity index (χ4n) is 4.44. The second-order valence-electron chi connectivity index (χ2n) is 8.03. The van der Waals surface area contributed by atoms with Crippen LogP contribution in [-0.2, 0) is 4.57 Å². The van der Waals surface area contributed by atoms with Crippen molar-refractivity contribution in [3.05, 3.63) is 94.5 Å². The maximum absolute atomic E-state index is 15.3. The van der Waals surface area contributed by atoms with E-state index in [4.69, 9.17) is 9.47 Å². The lowest BCUT2D eigenvalue weighted by Crippen LogP contribution is -2.42. The number of anilines is 2. The number of rotatable bonds is 8. The molecule has 0 N–H and O–H groups in total. The van der Waals surface area contributed by atoms with Gasteiger partial charge in [0.1, 0.15) is 17.2 Å². The zero-order valence-corrected chi connectivity index (χ0v) is 20.1. The van der Waals surface area contributed by atoms with Crippen LogP contribution < -0.4 is 18.8 Å². The molecule has 0 amide bonds. The third-order valence-corrected chi connectivity index (χ3v) is 9.60. The molecule has 34 heavy (non-hydrogen) atoms. The van der Waals surface area contributed by atoms with E-state index in [9.17, 15) is 10.1 Å². The standard InChI is InChI=1S/C25H28N3O5P/c1-32-23-13-9-21(10-14-23)26-17-6-18-27(22-11-15-24(33-2)16-12-22)34(26,31)25(19-28(29)30)20-7-4-3-5-8-20/h3-5,7-16,25H,6,17-19H2,1-2H3. The van der Waals surface area contributed by atoms with Gasteiger partial charge in [-0.05, 0) is 60.5 Å². The average molecular weight is 481 g/mol. The summed E-state index contributed by atoms with van der Waals surface area (Å²) in [6.45, 7) is 0.606. The van der Waals surface area contributed by atoms with Crippen LogP contribution in [0.1, 0.15) is 17.6 Å². The van der Waals surface area contributed by atoms with Crippen LogP contribution in [0.3, 0.4) is 0 Å². The Morgan fingerprint density at radius 1 is 0.853 bits per heavy atom. The van der Waals surface area contributed by atoms with Gasteiger partial charge < -0.3 is 18.8 Å². The molecule has 1 aliphatic heterocycles. The van der Waals surface area contributed by atoms with Crippen LogP contribution in [0.25, 0.3) is 0 Å². The summed E-state index contributed by atoms with van der Waals surface area (Å²) >= 11 is 0. The molecule has 1 fully saturated rings. The van der Waals surface area contributed by atoms with Crippen LogP contribution in [-0.4, -0.2) is 38.8 Å². The van der Waals surface area contributed by atoms with Gasteiger partial charge in [-0.25, -0.2) is 0 Å². The highest BCUT2D eigenvalue weighted by Crippen LogP contribution is 2.68. The number of nitro groups is 1. The molecule has 1 unspecified atom stereocenters. The molecule has 178 valence electrons. The van der Waals surface area contributed by atoms with E-state index in [1.54, 1.807) is 14.2 Å². The highest BCUT2D eigenvalue weighted by atomic mass is 31.2. The lowest BCUT2D eigenvalue weighted by molar-refractivity contribution is -0.480. The van der Waals surface area contributed by atoms with Gasteiger partial charge >= 0.3 is 0 Å². The maximum Gasteiger partial charge on any atom is 0.276 e. The topological polar surface area (TPSA) is 85.2 Å². The van der Waals surface area contributed by atoms with Crippen LogP contribution in [0.15, 0.2) is 78.9 Å². The van der Waals surface area contributed by atoms with Crippen molar-refractivity contribution >= 4 is 18.8 Å². The first-order chi connectivity index (χ1) is 16.5. The van der Waals surface area contributed by atoms with E-state index in [1.807, 2.05) is 88.2 Å². The minimum atomic E-state index is -3.57. The van der Waals surface area contributed by atoms with E-state index in [-0.39, 0.29) is 4.92 Å². The Hall–Kier alpha value is -3.51. The Labute approximate surface area is 199 Å². The third-order valence-electron chi connectivity index (χ3n) is 6.08. The van der Waals surface area contributed by atoms with Gasteiger partial charge in [0, 0.05) is 29.4 Å². The summed E-state index contributed by atoms with van der Waals surface area (Å²) in [5.74, 6) is 1.38. The molecule has 3 aromatic carbocycles. The van der Waals surface area contributed by atoms with Crippen molar-refractivity contribution in [2.75, 3.05) is 43.2 Å². The Balaban J connectivity index is 1.89. The van der Waals surface area contributed by atoms with Gasteiger partial charge in [0.05, 0.1) is 14.2 Å². The van der Waals surface area contributed by atoms with Crippen molar-refractivity contribution in [1.29, 1.82) is 0 Å². The molecule has 3 aromatic rings. The van der Waals surface area contributed by atoms with Crippen molar-refractivity contribution in [3.63, 3.8) is 0 Å². The monoisotopic (exact) mass is 481 g/mol. The van der Waals surface area contributed by atoms with Gasteiger partial charge in [0.15, 0.2) is 0 Å². The quantitative estimate of drug-likeness (QED) is 0.234. The van der Waals surface area contributed by atoms with E-state index < -0.39 is 19.6 Å². The summed E-state index contributed by atoms with van der Waals surface area (Å²) < 4.78 is 29.6. The first kappa shape index (κ1) is 23.6. The predicted octanol–water partition coefficient (Wildman–Crippen LogP) is 5.63. The van der Waals surface area contributed by atoms with E-state index in [0.29, 0.717) is 30.2 Å².